The van der Waals surface area contributed by atoms with E-state index >= 15 is 0 Å². The Morgan fingerprint density at radius 3 is 2.44 bits per heavy atom. The topological polar surface area (TPSA) is 26.3 Å². The molecule has 18 heavy (non-hydrogen) atoms. The molecule has 0 N–H and O–H groups in total. The molecule has 0 amide bonds. The first kappa shape index (κ1) is 14.9. The van der Waals surface area contributed by atoms with Crippen molar-refractivity contribution in [3.63, 3.8) is 0 Å². The molecule has 0 aliphatic heterocycles. The molecule has 0 aliphatic carbocycles. The Labute approximate surface area is 109 Å². The average Bonchev–Trinajstić information content (AvgIpc) is 2.30. The second kappa shape index (κ2) is 6.72. The molecule has 0 heterocycles. The van der Waals surface area contributed by atoms with E-state index in [1.165, 1.54) is 12.1 Å². The minimum Gasteiger partial charge on any atom is -0.434 e. The van der Waals surface area contributed by atoms with Crippen LogP contribution >= 0.6 is 15.9 Å². The number of benzene rings is 1. The number of hydrogen-bond donors (Lipinski definition) is 0. The molecular formula is C11H9BrF4O2. The highest BCUT2D eigenvalue weighted by molar-refractivity contribution is 9.09. The molecule has 0 radical (unpaired) electrons. The van der Waals surface area contributed by atoms with Crippen LogP contribution < -0.4 is 4.74 Å². The van der Waals surface area contributed by atoms with Crippen LogP contribution in [-0.4, -0.2) is 17.7 Å². The summed E-state index contributed by atoms with van der Waals surface area (Å²) in [6.45, 7) is -3.22. The molecule has 0 saturated carbocycles. The molecule has 0 saturated heterocycles. The molecule has 0 spiro atoms. The number of Topliss-reactive ketones (excluding diaryl/α,β-unsaturated/α-hetero) is 1. The van der Waals surface area contributed by atoms with Crippen molar-refractivity contribution >= 4 is 21.7 Å². The molecule has 1 rings (SSSR count). The summed E-state index contributed by atoms with van der Waals surface area (Å²) in [5.41, 5.74) is -0.618. The van der Waals surface area contributed by atoms with Gasteiger partial charge >= 0.3 is 6.61 Å². The quantitative estimate of drug-likeness (QED) is 0.587. The first-order valence-corrected chi connectivity index (χ1v) is 6.00. The third-order valence-corrected chi connectivity index (χ3v) is 2.73. The van der Waals surface area contributed by atoms with E-state index in [-0.39, 0.29) is 23.1 Å². The monoisotopic (exact) mass is 328 g/mol. The number of ketones is 1. The van der Waals surface area contributed by atoms with E-state index in [9.17, 15) is 22.4 Å². The number of ether oxygens (including phenoxy) is 1. The van der Waals surface area contributed by atoms with Crippen LogP contribution in [0, 0.1) is 0 Å². The predicted molar refractivity (Wildman–Crippen MR) is 60.5 cm³/mol. The van der Waals surface area contributed by atoms with Crippen LogP contribution in [0.15, 0.2) is 18.2 Å². The molecule has 7 heteroatoms. The lowest BCUT2D eigenvalue weighted by Crippen LogP contribution is -2.11. The van der Waals surface area contributed by atoms with Crippen molar-refractivity contribution in [2.45, 2.75) is 19.5 Å². The summed E-state index contributed by atoms with van der Waals surface area (Å²) >= 11 is 2.91. The first-order chi connectivity index (χ1) is 8.45. The zero-order chi connectivity index (χ0) is 13.7. The summed E-state index contributed by atoms with van der Waals surface area (Å²) < 4.78 is 53.8. The lowest BCUT2D eigenvalue weighted by atomic mass is 10.0. The molecule has 100 valence electrons. The maximum atomic E-state index is 12.7. The number of hydrogen-bond acceptors (Lipinski definition) is 2. The number of halogens is 5. The highest BCUT2D eigenvalue weighted by Gasteiger charge is 2.21. The Balaban J connectivity index is 3.14. The lowest BCUT2D eigenvalue weighted by Gasteiger charge is -2.14. The van der Waals surface area contributed by atoms with E-state index in [0.29, 0.717) is 0 Å². The van der Waals surface area contributed by atoms with Gasteiger partial charge in [0.05, 0.1) is 10.9 Å². The SMILES string of the molecule is O=C(CBr)Cc1cccc(C(F)F)c1OC(F)F. The zero-order valence-corrected chi connectivity index (χ0v) is 10.6. The van der Waals surface area contributed by atoms with Crippen LogP contribution in [0.2, 0.25) is 0 Å². The molecule has 0 aliphatic rings. The van der Waals surface area contributed by atoms with Crippen molar-refractivity contribution in [1.29, 1.82) is 0 Å². The van der Waals surface area contributed by atoms with Gasteiger partial charge in [0.1, 0.15) is 11.5 Å². The number of carbonyl (C=O) groups is 1. The van der Waals surface area contributed by atoms with Gasteiger partial charge in [0.25, 0.3) is 6.43 Å². The zero-order valence-electron chi connectivity index (χ0n) is 9.01. The van der Waals surface area contributed by atoms with E-state index in [1.54, 1.807) is 0 Å². The molecule has 1 aromatic carbocycles. The third-order valence-electron chi connectivity index (χ3n) is 2.11. The van der Waals surface area contributed by atoms with Crippen molar-refractivity contribution < 1.29 is 27.1 Å². The Kier molecular flexibility index (Phi) is 5.58. The molecule has 0 atom stereocenters. The van der Waals surface area contributed by atoms with Gasteiger partial charge in [-0.3, -0.25) is 4.79 Å². The van der Waals surface area contributed by atoms with Crippen molar-refractivity contribution in [3.05, 3.63) is 29.3 Å². The molecule has 0 aromatic heterocycles. The van der Waals surface area contributed by atoms with Crippen LogP contribution in [-0.2, 0) is 11.2 Å². The summed E-state index contributed by atoms with van der Waals surface area (Å²) in [5, 5.41) is 0.0139. The van der Waals surface area contributed by atoms with Crippen molar-refractivity contribution in [2.24, 2.45) is 0 Å². The molecular weight excluding hydrogens is 320 g/mol. The van der Waals surface area contributed by atoms with E-state index in [0.717, 1.165) is 6.07 Å². The van der Waals surface area contributed by atoms with Gasteiger partial charge in [-0.2, -0.15) is 8.78 Å². The fourth-order valence-electron chi connectivity index (χ4n) is 1.41. The Hall–Kier alpha value is -1.11. The summed E-state index contributed by atoms with van der Waals surface area (Å²) in [6, 6.07) is 3.57. The van der Waals surface area contributed by atoms with Crippen LogP contribution in [0.4, 0.5) is 17.6 Å². The van der Waals surface area contributed by atoms with Gasteiger partial charge in [0.15, 0.2) is 0 Å². The van der Waals surface area contributed by atoms with Gasteiger partial charge in [0, 0.05) is 12.0 Å². The number of alkyl halides is 5. The highest BCUT2D eigenvalue weighted by atomic mass is 79.9. The maximum Gasteiger partial charge on any atom is 0.387 e. The van der Waals surface area contributed by atoms with E-state index < -0.39 is 24.3 Å². The standard InChI is InChI=1S/C11H9BrF4O2/c12-5-7(17)4-6-2-1-3-8(10(13)14)9(6)18-11(15)16/h1-3,10-11H,4-5H2. The van der Waals surface area contributed by atoms with Gasteiger partial charge in [-0.25, -0.2) is 8.78 Å². The van der Waals surface area contributed by atoms with E-state index in [2.05, 4.69) is 20.7 Å². The predicted octanol–water partition coefficient (Wildman–Crippen LogP) is 3.73. The molecule has 2 nitrogen and oxygen atoms in total. The second-order valence-electron chi connectivity index (χ2n) is 3.36. The molecule has 0 unspecified atom stereocenters. The molecule has 0 bridgehead atoms. The van der Waals surface area contributed by atoms with Crippen molar-refractivity contribution in [2.75, 3.05) is 5.33 Å². The lowest BCUT2D eigenvalue weighted by molar-refractivity contribution is -0.116. The number of para-hydroxylation sites is 1. The molecule has 0 fully saturated rings. The van der Waals surface area contributed by atoms with Gasteiger partial charge in [-0.1, -0.05) is 28.1 Å². The smallest absolute Gasteiger partial charge is 0.387 e. The van der Waals surface area contributed by atoms with Crippen LogP contribution in [0.3, 0.4) is 0 Å². The second-order valence-corrected chi connectivity index (χ2v) is 3.92. The Morgan fingerprint density at radius 2 is 1.94 bits per heavy atom. The Bertz CT molecular complexity index is 424. The van der Waals surface area contributed by atoms with E-state index in [4.69, 9.17) is 0 Å². The van der Waals surface area contributed by atoms with Crippen molar-refractivity contribution in [3.8, 4) is 5.75 Å². The summed E-state index contributed by atoms with van der Waals surface area (Å²) in [6.07, 6.45) is -3.19. The fraction of sp³-hybridized carbons (Fsp3) is 0.364. The normalized spacial score (nSPS) is 11.1. The highest BCUT2D eigenvalue weighted by Crippen LogP contribution is 2.33. The van der Waals surface area contributed by atoms with Crippen LogP contribution in [0.25, 0.3) is 0 Å². The van der Waals surface area contributed by atoms with Crippen molar-refractivity contribution in [1.82, 2.24) is 0 Å². The third kappa shape index (κ3) is 3.97. The van der Waals surface area contributed by atoms with Gasteiger partial charge in [-0.05, 0) is 6.07 Å². The number of rotatable bonds is 6. The minimum absolute atomic E-state index is 0.0139. The fourth-order valence-corrected chi connectivity index (χ4v) is 1.61. The largest absolute Gasteiger partial charge is 0.434 e. The van der Waals surface area contributed by atoms with Gasteiger partial charge in [0.2, 0.25) is 0 Å². The molecule has 1 aromatic rings. The van der Waals surface area contributed by atoms with Gasteiger partial charge in [-0.15, -0.1) is 0 Å². The number of carbonyl (C=O) groups excluding carboxylic acids is 1. The Morgan fingerprint density at radius 1 is 1.28 bits per heavy atom. The first-order valence-electron chi connectivity index (χ1n) is 4.88. The summed E-state index contributed by atoms with van der Waals surface area (Å²) in [5.74, 6) is -0.933. The van der Waals surface area contributed by atoms with E-state index in [1.807, 2.05) is 0 Å². The summed E-state index contributed by atoms with van der Waals surface area (Å²) in [4.78, 5) is 11.2. The van der Waals surface area contributed by atoms with Crippen LogP contribution in [0.5, 0.6) is 5.75 Å². The average molecular weight is 329 g/mol. The van der Waals surface area contributed by atoms with Crippen LogP contribution in [0.1, 0.15) is 17.6 Å². The van der Waals surface area contributed by atoms with Gasteiger partial charge < -0.3 is 4.74 Å². The maximum absolute atomic E-state index is 12.7. The minimum atomic E-state index is -3.22. The summed E-state index contributed by atoms with van der Waals surface area (Å²) in [7, 11) is 0.